The van der Waals surface area contributed by atoms with Gasteiger partial charge in [-0.05, 0) is 36.8 Å². The van der Waals surface area contributed by atoms with Crippen LogP contribution in [0.25, 0.3) is 0 Å². The molecule has 1 unspecified atom stereocenters. The highest BCUT2D eigenvalue weighted by Crippen LogP contribution is 2.15. The maximum absolute atomic E-state index is 13.2. The average molecular weight is 320 g/mol. The maximum Gasteiger partial charge on any atom is 0.315 e. The molecule has 1 aromatic carbocycles. The van der Waals surface area contributed by atoms with Crippen molar-refractivity contribution in [1.29, 1.82) is 0 Å². The van der Waals surface area contributed by atoms with Crippen molar-refractivity contribution in [3.63, 3.8) is 0 Å². The Bertz CT molecular complexity index is 652. The Balaban J connectivity index is 1.72. The number of amides is 2. The normalized spacial score (nSPS) is 11.6. The number of hydrogen-bond acceptors (Lipinski definition) is 3. The number of anilines is 1. The summed E-state index contributed by atoms with van der Waals surface area (Å²) in [6, 6.07) is 8.23. The van der Waals surface area contributed by atoms with Crippen LogP contribution in [0.5, 0.6) is 0 Å². The summed E-state index contributed by atoms with van der Waals surface area (Å²) in [5, 5.41) is 8.38. The number of nitrogens with zero attached hydrogens (tertiary/aromatic N) is 1. The van der Waals surface area contributed by atoms with E-state index in [2.05, 4.69) is 20.9 Å². The van der Waals surface area contributed by atoms with E-state index >= 15 is 0 Å². The summed E-state index contributed by atoms with van der Waals surface area (Å²) in [6.45, 7) is 2.61. The zero-order valence-electron chi connectivity index (χ0n) is 12.6. The largest absolute Gasteiger partial charge is 0.368 e. The van der Waals surface area contributed by atoms with Crippen LogP contribution in [0.4, 0.5) is 19.4 Å². The minimum atomic E-state index is -0.934. The van der Waals surface area contributed by atoms with Crippen molar-refractivity contribution in [3.05, 3.63) is 59.8 Å². The van der Waals surface area contributed by atoms with Crippen LogP contribution in [0.15, 0.2) is 42.6 Å². The topological polar surface area (TPSA) is 66.1 Å². The van der Waals surface area contributed by atoms with E-state index in [9.17, 15) is 13.6 Å². The third-order valence-corrected chi connectivity index (χ3v) is 3.17. The van der Waals surface area contributed by atoms with Gasteiger partial charge >= 0.3 is 6.03 Å². The molecule has 1 atom stereocenters. The number of hydrogen-bond donors (Lipinski definition) is 3. The van der Waals surface area contributed by atoms with Crippen LogP contribution in [0.3, 0.4) is 0 Å². The Hall–Kier alpha value is -2.70. The molecule has 2 rings (SSSR count). The molecular formula is C16H18F2N4O. The molecule has 0 saturated carbocycles. The minimum absolute atomic E-state index is 0.384. The minimum Gasteiger partial charge on any atom is -0.368 e. The summed E-state index contributed by atoms with van der Waals surface area (Å²) in [5.74, 6) is -1.12. The fourth-order valence-electron chi connectivity index (χ4n) is 1.95. The van der Waals surface area contributed by atoms with Crippen molar-refractivity contribution in [3.8, 4) is 0 Å². The van der Waals surface area contributed by atoms with Gasteiger partial charge in [-0.15, -0.1) is 0 Å². The number of carbonyl (C=O) groups excluding carboxylic acids is 1. The number of rotatable bonds is 6. The van der Waals surface area contributed by atoms with Gasteiger partial charge < -0.3 is 16.0 Å². The van der Waals surface area contributed by atoms with Crippen LogP contribution in [0.2, 0.25) is 0 Å². The average Bonchev–Trinajstić information content (AvgIpc) is 2.55. The number of carbonyl (C=O) groups is 1. The van der Waals surface area contributed by atoms with Crippen LogP contribution >= 0.6 is 0 Å². The highest BCUT2D eigenvalue weighted by Gasteiger charge is 2.11. The van der Waals surface area contributed by atoms with Crippen molar-refractivity contribution in [1.82, 2.24) is 15.6 Å². The van der Waals surface area contributed by atoms with Gasteiger partial charge in [0.1, 0.15) is 5.82 Å². The lowest BCUT2D eigenvalue weighted by Crippen LogP contribution is -2.39. The van der Waals surface area contributed by atoms with Gasteiger partial charge in [-0.3, -0.25) is 0 Å². The van der Waals surface area contributed by atoms with Crippen molar-refractivity contribution < 1.29 is 13.6 Å². The Kier molecular flexibility index (Phi) is 5.85. The molecule has 5 nitrogen and oxygen atoms in total. The molecular weight excluding hydrogens is 302 g/mol. The van der Waals surface area contributed by atoms with Gasteiger partial charge in [0.25, 0.3) is 0 Å². The highest BCUT2D eigenvalue weighted by atomic mass is 19.2. The molecule has 2 amide bonds. The van der Waals surface area contributed by atoms with E-state index in [4.69, 9.17) is 0 Å². The molecule has 23 heavy (non-hydrogen) atoms. The third-order valence-electron chi connectivity index (χ3n) is 3.17. The zero-order chi connectivity index (χ0) is 16.7. The summed E-state index contributed by atoms with van der Waals surface area (Å²) >= 11 is 0. The van der Waals surface area contributed by atoms with E-state index in [0.29, 0.717) is 18.7 Å². The zero-order valence-corrected chi connectivity index (χ0v) is 12.6. The predicted octanol–water partition coefficient (Wildman–Crippen LogP) is 2.83. The summed E-state index contributed by atoms with van der Waals surface area (Å²) in [4.78, 5) is 15.8. The standard InChI is InChI=1S/C16H18F2N4O/c1-11(12-5-6-13(17)14(18)10-12)22-16(23)21-9-8-20-15-4-2-3-7-19-15/h2-7,10-11H,8-9H2,1H3,(H,19,20)(H2,21,22,23). The van der Waals surface area contributed by atoms with E-state index in [1.165, 1.54) is 6.07 Å². The maximum atomic E-state index is 13.2. The van der Waals surface area contributed by atoms with Crippen molar-refractivity contribution in [2.24, 2.45) is 0 Å². The molecule has 0 aliphatic carbocycles. The van der Waals surface area contributed by atoms with Crippen LogP contribution in [0, 0.1) is 11.6 Å². The Labute approximate surface area is 133 Å². The van der Waals surface area contributed by atoms with E-state index in [1.54, 1.807) is 13.1 Å². The van der Waals surface area contributed by atoms with Gasteiger partial charge in [-0.2, -0.15) is 0 Å². The van der Waals surface area contributed by atoms with Crippen molar-refractivity contribution in [2.75, 3.05) is 18.4 Å². The second-order valence-electron chi connectivity index (χ2n) is 4.94. The fraction of sp³-hybridized carbons (Fsp3) is 0.250. The molecule has 0 aliphatic heterocycles. The molecule has 0 spiro atoms. The number of aromatic nitrogens is 1. The molecule has 0 fully saturated rings. The van der Waals surface area contributed by atoms with Gasteiger partial charge in [-0.1, -0.05) is 12.1 Å². The van der Waals surface area contributed by atoms with Crippen molar-refractivity contribution in [2.45, 2.75) is 13.0 Å². The third kappa shape index (κ3) is 5.21. The highest BCUT2D eigenvalue weighted by molar-refractivity contribution is 5.74. The number of nitrogens with one attached hydrogen (secondary N) is 3. The monoisotopic (exact) mass is 320 g/mol. The first-order valence-corrected chi connectivity index (χ1v) is 7.20. The molecule has 122 valence electrons. The van der Waals surface area contributed by atoms with Crippen LogP contribution in [0.1, 0.15) is 18.5 Å². The molecule has 0 aliphatic rings. The van der Waals surface area contributed by atoms with E-state index in [1.807, 2.05) is 18.2 Å². The lowest BCUT2D eigenvalue weighted by molar-refractivity contribution is 0.238. The number of benzene rings is 1. The molecule has 1 heterocycles. The molecule has 1 aromatic heterocycles. The lowest BCUT2D eigenvalue weighted by atomic mass is 10.1. The van der Waals surface area contributed by atoms with Crippen LogP contribution in [-0.2, 0) is 0 Å². The first-order valence-electron chi connectivity index (χ1n) is 7.20. The van der Waals surface area contributed by atoms with Gasteiger partial charge in [0.05, 0.1) is 6.04 Å². The van der Waals surface area contributed by atoms with Crippen molar-refractivity contribution >= 4 is 11.8 Å². The van der Waals surface area contributed by atoms with E-state index < -0.39 is 17.7 Å². The Morgan fingerprint density at radius 3 is 2.70 bits per heavy atom. The number of halogens is 2. The fourth-order valence-corrected chi connectivity index (χ4v) is 1.95. The molecule has 7 heteroatoms. The molecule has 0 radical (unpaired) electrons. The first-order chi connectivity index (χ1) is 11.1. The predicted molar refractivity (Wildman–Crippen MR) is 84.0 cm³/mol. The van der Waals surface area contributed by atoms with Gasteiger partial charge in [0, 0.05) is 19.3 Å². The Morgan fingerprint density at radius 1 is 1.17 bits per heavy atom. The smallest absolute Gasteiger partial charge is 0.315 e. The summed E-state index contributed by atoms with van der Waals surface area (Å²) in [5.41, 5.74) is 0.491. The second-order valence-corrected chi connectivity index (χ2v) is 4.94. The summed E-state index contributed by atoms with van der Waals surface area (Å²) in [6.07, 6.45) is 1.67. The van der Waals surface area contributed by atoms with Crippen LogP contribution in [-0.4, -0.2) is 24.1 Å². The van der Waals surface area contributed by atoms with E-state index in [0.717, 1.165) is 18.0 Å². The Morgan fingerprint density at radius 2 is 2.00 bits per heavy atom. The molecule has 0 saturated heterocycles. The van der Waals surface area contributed by atoms with Crippen LogP contribution < -0.4 is 16.0 Å². The second kappa shape index (κ2) is 8.07. The SMILES string of the molecule is CC(NC(=O)NCCNc1ccccn1)c1ccc(F)c(F)c1. The summed E-state index contributed by atoms with van der Waals surface area (Å²) < 4.78 is 26.1. The molecule has 0 bridgehead atoms. The van der Waals surface area contributed by atoms with Gasteiger partial charge in [-0.25, -0.2) is 18.6 Å². The number of urea groups is 1. The quantitative estimate of drug-likeness (QED) is 0.717. The summed E-state index contributed by atoms with van der Waals surface area (Å²) in [7, 11) is 0. The number of pyridine rings is 1. The first kappa shape index (κ1) is 16.7. The van der Waals surface area contributed by atoms with E-state index in [-0.39, 0.29) is 6.03 Å². The van der Waals surface area contributed by atoms with Gasteiger partial charge in [0.2, 0.25) is 0 Å². The van der Waals surface area contributed by atoms with Gasteiger partial charge in [0.15, 0.2) is 11.6 Å². The molecule has 3 N–H and O–H groups in total. The lowest BCUT2D eigenvalue weighted by Gasteiger charge is -2.15. The molecule has 2 aromatic rings.